The fraction of sp³-hybridized carbons (Fsp3) is 0.214. The van der Waals surface area contributed by atoms with Gasteiger partial charge in [-0.25, -0.2) is 0 Å². The van der Waals surface area contributed by atoms with Crippen molar-refractivity contribution in [2.24, 2.45) is 21.5 Å². The average molecular weight is 286 g/mol. The molecule has 21 heavy (non-hydrogen) atoms. The van der Waals surface area contributed by atoms with E-state index in [0.29, 0.717) is 18.1 Å². The van der Waals surface area contributed by atoms with Crippen molar-refractivity contribution in [2.75, 3.05) is 7.05 Å². The lowest BCUT2D eigenvalue weighted by molar-refractivity contribution is 0.377. The maximum atomic E-state index is 5.30. The van der Waals surface area contributed by atoms with Crippen molar-refractivity contribution in [1.82, 2.24) is 9.72 Å². The van der Waals surface area contributed by atoms with Gasteiger partial charge in [-0.3, -0.25) is 4.99 Å². The molecule has 0 aliphatic heterocycles. The lowest BCUT2D eigenvalue weighted by Crippen LogP contribution is -2.29. The van der Waals surface area contributed by atoms with Crippen LogP contribution >= 0.6 is 0 Å². The highest BCUT2D eigenvalue weighted by atomic mass is 16.5. The van der Waals surface area contributed by atoms with Crippen LogP contribution in [0.15, 0.2) is 32.8 Å². The van der Waals surface area contributed by atoms with Crippen molar-refractivity contribution >= 4 is 30.1 Å². The van der Waals surface area contributed by atoms with Gasteiger partial charge in [0.1, 0.15) is 0 Å². The molecule has 0 aliphatic carbocycles. The van der Waals surface area contributed by atoms with E-state index in [-0.39, 0.29) is 5.96 Å². The third-order valence-electron chi connectivity index (χ3n) is 2.85. The van der Waals surface area contributed by atoms with Crippen LogP contribution in [0.4, 0.5) is 5.82 Å². The quantitative estimate of drug-likeness (QED) is 0.594. The minimum atomic E-state index is -0.0492. The van der Waals surface area contributed by atoms with Crippen LogP contribution in [0.1, 0.15) is 12.7 Å². The molecule has 110 valence electrons. The number of nitrogens with two attached hydrogens (primary N) is 2. The van der Waals surface area contributed by atoms with Gasteiger partial charge in [0.2, 0.25) is 0 Å². The summed E-state index contributed by atoms with van der Waals surface area (Å²) in [5, 5.41) is 5.96. The van der Waals surface area contributed by atoms with E-state index >= 15 is 0 Å². The molecule has 0 radical (unpaired) electrons. The first-order valence-corrected chi connectivity index (χ1v) is 6.43. The van der Waals surface area contributed by atoms with E-state index in [2.05, 4.69) is 15.1 Å². The molecule has 2 aromatic heterocycles. The van der Waals surface area contributed by atoms with Crippen molar-refractivity contribution in [2.45, 2.75) is 13.5 Å². The average Bonchev–Trinajstić information content (AvgIpc) is 3.03. The summed E-state index contributed by atoms with van der Waals surface area (Å²) in [7, 11) is 1.73. The minimum Gasteiger partial charge on any atom is -0.370 e. The van der Waals surface area contributed by atoms with Crippen LogP contribution in [0.5, 0.6) is 0 Å². The standard InChI is InChI=1S/C14H18N6O/c1-3-10-5-7-20(12(10)4-6-17-2)9-11-8-13(19-21-11)18-14(15)16/h3-8H,9H2,1-2H3,(H4,15,16,18,19)/b10-3-,12-4+,17-6+. The zero-order chi connectivity index (χ0) is 15.2. The van der Waals surface area contributed by atoms with Gasteiger partial charge in [0, 0.05) is 30.9 Å². The molecule has 7 nitrogen and oxygen atoms in total. The first-order chi connectivity index (χ1) is 10.1. The Balaban J connectivity index is 2.34. The van der Waals surface area contributed by atoms with Gasteiger partial charge < -0.3 is 20.6 Å². The molecule has 0 spiro atoms. The van der Waals surface area contributed by atoms with Gasteiger partial charge in [-0.05, 0) is 24.3 Å². The highest BCUT2D eigenvalue weighted by Crippen LogP contribution is 2.12. The van der Waals surface area contributed by atoms with E-state index in [1.165, 1.54) is 0 Å². The number of guanidine groups is 1. The first-order valence-electron chi connectivity index (χ1n) is 6.43. The fourth-order valence-electron chi connectivity index (χ4n) is 1.95. The number of hydrogen-bond donors (Lipinski definition) is 2. The number of aromatic nitrogens is 2. The summed E-state index contributed by atoms with van der Waals surface area (Å²) in [5.74, 6) is 0.975. The second-order valence-corrected chi connectivity index (χ2v) is 4.33. The minimum absolute atomic E-state index is 0.0492. The highest BCUT2D eigenvalue weighted by Gasteiger charge is 2.05. The second kappa shape index (κ2) is 6.56. The normalized spacial score (nSPS) is 13.2. The molecule has 0 aromatic carbocycles. The third kappa shape index (κ3) is 3.59. The van der Waals surface area contributed by atoms with Gasteiger partial charge >= 0.3 is 0 Å². The summed E-state index contributed by atoms with van der Waals surface area (Å²) in [4.78, 5) is 7.82. The van der Waals surface area contributed by atoms with Crippen LogP contribution in [0, 0.1) is 0 Å². The summed E-state index contributed by atoms with van der Waals surface area (Å²) in [6.07, 6.45) is 7.72. The molecule has 0 bridgehead atoms. The Bertz CT molecular complexity index is 777. The van der Waals surface area contributed by atoms with Crippen molar-refractivity contribution in [3.63, 3.8) is 0 Å². The Morgan fingerprint density at radius 3 is 2.95 bits per heavy atom. The number of hydrogen-bond acceptors (Lipinski definition) is 4. The lowest BCUT2D eigenvalue weighted by atomic mass is 10.3. The molecule has 0 aliphatic rings. The largest absolute Gasteiger partial charge is 0.370 e. The van der Waals surface area contributed by atoms with Crippen molar-refractivity contribution < 1.29 is 4.52 Å². The highest BCUT2D eigenvalue weighted by molar-refractivity contribution is 5.90. The van der Waals surface area contributed by atoms with E-state index < -0.39 is 0 Å². The molecule has 0 amide bonds. The topological polar surface area (TPSA) is 108 Å². The van der Waals surface area contributed by atoms with E-state index in [9.17, 15) is 0 Å². The van der Waals surface area contributed by atoms with Gasteiger partial charge in [0.15, 0.2) is 17.5 Å². The molecular weight excluding hydrogens is 268 g/mol. The van der Waals surface area contributed by atoms with Gasteiger partial charge in [-0.1, -0.05) is 11.2 Å². The number of aliphatic imine (C=N–C) groups is 2. The monoisotopic (exact) mass is 286 g/mol. The fourth-order valence-corrected chi connectivity index (χ4v) is 1.95. The van der Waals surface area contributed by atoms with Crippen molar-refractivity contribution in [3.05, 3.63) is 34.7 Å². The predicted octanol–water partition coefficient (Wildman–Crippen LogP) is -0.289. The molecule has 2 aromatic rings. The van der Waals surface area contributed by atoms with Crippen LogP contribution < -0.4 is 22.0 Å². The summed E-state index contributed by atoms with van der Waals surface area (Å²) < 4.78 is 7.26. The van der Waals surface area contributed by atoms with Crippen LogP contribution in [0.2, 0.25) is 0 Å². The van der Waals surface area contributed by atoms with Crippen molar-refractivity contribution in [3.8, 4) is 0 Å². The smallest absolute Gasteiger partial charge is 0.198 e. The third-order valence-corrected chi connectivity index (χ3v) is 2.85. The lowest BCUT2D eigenvalue weighted by Gasteiger charge is -1.99. The van der Waals surface area contributed by atoms with E-state index in [1.807, 2.05) is 35.9 Å². The van der Waals surface area contributed by atoms with Crippen LogP contribution in [0.25, 0.3) is 12.2 Å². The SMILES string of the molecule is C/C=c1/ccn(Cc2cc(N=C(N)N)no2)/c1=C/C=N/C. The molecule has 0 atom stereocenters. The Kier molecular flexibility index (Phi) is 4.55. The van der Waals surface area contributed by atoms with Gasteiger partial charge in [0.25, 0.3) is 0 Å². The van der Waals surface area contributed by atoms with Gasteiger partial charge in [-0.15, -0.1) is 0 Å². The summed E-state index contributed by atoms with van der Waals surface area (Å²) >= 11 is 0. The summed E-state index contributed by atoms with van der Waals surface area (Å²) in [6.45, 7) is 2.52. The van der Waals surface area contributed by atoms with Crippen molar-refractivity contribution in [1.29, 1.82) is 0 Å². The zero-order valence-electron chi connectivity index (χ0n) is 12.0. The Morgan fingerprint density at radius 2 is 2.29 bits per heavy atom. The maximum absolute atomic E-state index is 5.30. The maximum Gasteiger partial charge on any atom is 0.198 e. The number of nitrogens with zero attached hydrogens (tertiary/aromatic N) is 4. The molecular formula is C14H18N6O. The molecule has 2 heterocycles. The summed E-state index contributed by atoms with van der Waals surface area (Å²) in [6, 6.07) is 3.73. The van der Waals surface area contributed by atoms with E-state index in [0.717, 1.165) is 10.6 Å². The van der Waals surface area contributed by atoms with Crippen LogP contribution in [0.3, 0.4) is 0 Å². The first kappa shape index (κ1) is 14.6. The molecule has 4 N–H and O–H groups in total. The molecule has 0 saturated heterocycles. The summed E-state index contributed by atoms with van der Waals surface area (Å²) in [5.41, 5.74) is 10.6. The predicted molar refractivity (Wildman–Crippen MR) is 83.8 cm³/mol. The zero-order valence-corrected chi connectivity index (χ0v) is 12.0. The Morgan fingerprint density at radius 1 is 1.48 bits per heavy atom. The number of rotatable bonds is 4. The Hall–Kier alpha value is -2.83. The molecule has 0 fully saturated rings. The molecule has 7 heteroatoms. The van der Waals surface area contributed by atoms with Crippen LogP contribution in [-0.4, -0.2) is 28.9 Å². The molecule has 0 unspecified atom stereocenters. The Labute approximate surface area is 122 Å². The van der Waals surface area contributed by atoms with Crippen LogP contribution in [-0.2, 0) is 6.54 Å². The van der Waals surface area contributed by atoms with E-state index in [4.69, 9.17) is 16.0 Å². The molecule has 0 saturated carbocycles. The van der Waals surface area contributed by atoms with Gasteiger partial charge in [0.05, 0.1) is 6.54 Å². The van der Waals surface area contributed by atoms with Gasteiger partial charge in [-0.2, -0.15) is 4.99 Å². The second-order valence-electron chi connectivity index (χ2n) is 4.33. The van der Waals surface area contributed by atoms with E-state index in [1.54, 1.807) is 19.3 Å². The molecule has 2 rings (SSSR count).